The standard InChI is InChI=1S/3C21H25ClO3S.C19H22ClNO.3C2H6O.CH4O.CH4/c3*1-21(2,3)18-10-7-17(8-11-18)20(23)12-9-16-6-5-15(13-19(16)22)14-26(4,24)25;1-19(2,3)15-8-4-14(5-9-15)18(22)11-7-13-6-10-16(21)12-17(13)20;3*1-3-2;1-2;/h3*5-8,10-11,13H,9,12,14H2,1-4H3;4-6,8-10,12H,7,11,21H2,1-3H3;3*1-2H3;2H,1H3;1H4. The summed E-state index contributed by atoms with van der Waals surface area (Å²) in [4.78, 5) is 49.6. The third-order valence-corrected chi connectivity index (χ3v) is 20.5. The van der Waals surface area contributed by atoms with Crippen LogP contribution in [0.2, 0.25) is 20.1 Å². The number of ether oxygens (including phenoxy) is 3. The van der Waals surface area contributed by atoms with Gasteiger partial charge in [0.1, 0.15) is 0 Å². The molecule has 0 fully saturated rings. The van der Waals surface area contributed by atoms with Gasteiger partial charge in [0.15, 0.2) is 52.6 Å². The van der Waals surface area contributed by atoms with Crippen LogP contribution in [0.25, 0.3) is 0 Å². The molecule has 0 aliphatic rings. The maximum atomic E-state index is 12.4. The lowest BCUT2D eigenvalue weighted by molar-refractivity contribution is 0.0975. The molecule has 618 valence electrons. The van der Waals surface area contributed by atoms with E-state index in [1.807, 2.05) is 109 Å². The molecule has 8 rings (SSSR count). The zero-order valence-corrected chi connectivity index (χ0v) is 74.5. The molecule has 0 amide bonds. The Morgan fingerprint density at radius 1 is 0.321 bits per heavy atom. The zero-order valence-electron chi connectivity index (χ0n) is 69.0. The lowest BCUT2D eigenvalue weighted by Crippen LogP contribution is -2.11. The number of ketones is 4. The summed E-state index contributed by atoms with van der Waals surface area (Å²) in [5.41, 5.74) is 19.7. The Labute approximate surface area is 691 Å². The number of hydrogen-bond acceptors (Lipinski definition) is 15. The van der Waals surface area contributed by atoms with Crippen LogP contribution in [-0.4, -0.2) is 122 Å². The van der Waals surface area contributed by atoms with E-state index in [9.17, 15) is 44.4 Å². The van der Waals surface area contributed by atoms with Gasteiger partial charge in [-0.3, -0.25) is 19.2 Å². The van der Waals surface area contributed by atoms with Crippen molar-refractivity contribution in [2.75, 3.05) is 74.3 Å². The van der Waals surface area contributed by atoms with E-state index in [4.69, 9.17) is 57.2 Å². The van der Waals surface area contributed by atoms with Gasteiger partial charge in [-0.05, 0) is 139 Å². The van der Waals surface area contributed by atoms with Crippen LogP contribution in [0.5, 0.6) is 0 Å². The molecule has 0 bridgehead atoms. The van der Waals surface area contributed by atoms with E-state index in [1.54, 1.807) is 103 Å². The van der Waals surface area contributed by atoms with Crippen molar-refractivity contribution in [2.24, 2.45) is 0 Å². The highest BCUT2D eigenvalue weighted by atomic mass is 35.5. The second-order valence-corrected chi connectivity index (χ2v) is 39.1. The van der Waals surface area contributed by atoms with Gasteiger partial charge in [-0.2, -0.15) is 0 Å². The number of Topliss-reactive ketones (excluding diaryl/α,β-unsaturated/α-hetero) is 4. The minimum absolute atomic E-state index is 0. The normalized spacial score (nSPS) is 11.3. The molecule has 0 unspecified atom stereocenters. The second kappa shape index (κ2) is 49.8. The lowest BCUT2D eigenvalue weighted by Gasteiger charge is -2.19. The minimum Gasteiger partial charge on any atom is -0.400 e. The SMILES string of the molecule is C.CC(C)(C)c1ccc(C(=O)CCc2ccc(CS(C)(=O)=O)cc2Cl)cc1.CC(C)(C)c1ccc(C(=O)CCc2ccc(CS(C)(=O)=O)cc2Cl)cc1.CC(C)(C)c1ccc(C(=O)CCc2ccc(CS(C)(=O)=O)cc2Cl)cc1.CC(C)(C)c1ccc(C(=O)CCc2ccc(N)cc2Cl)cc1.CO.COC.COC.COC. The molecule has 0 atom stereocenters. The summed E-state index contributed by atoms with van der Waals surface area (Å²) >= 11 is 24.9. The first-order valence-corrected chi connectivity index (χ1v) is 43.7. The number of benzene rings is 8. The number of carbonyl (C=O) groups excluding carboxylic acids is 4. The summed E-state index contributed by atoms with van der Waals surface area (Å²) in [6.07, 6.45) is 7.31. The van der Waals surface area contributed by atoms with E-state index in [-0.39, 0.29) is 69.5 Å². The highest BCUT2D eigenvalue weighted by molar-refractivity contribution is 7.90. The second-order valence-electron chi connectivity index (χ2n) is 31.1. The zero-order chi connectivity index (χ0) is 85.1. The van der Waals surface area contributed by atoms with Gasteiger partial charge in [0, 0.05) is 142 Å². The van der Waals surface area contributed by atoms with Crippen LogP contribution in [0.4, 0.5) is 5.69 Å². The molecule has 0 aliphatic carbocycles. The molecule has 22 heteroatoms. The summed E-state index contributed by atoms with van der Waals surface area (Å²) in [7, 11) is 1.46. The summed E-state index contributed by atoms with van der Waals surface area (Å²) in [5.74, 6) is 0.239. The van der Waals surface area contributed by atoms with Crippen LogP contribution in [0.1, 0.15) is 219 Å². The number of rotatable bonds is 22. The number of nitrogens with two attached hydrogens (primary N) is 1. The van der Waals surface area contributed by atoms with Crippen molar-refractivity contribution in [1.29, 1.82) is 0 Å². The average molecular weight is 1680 g/mol. The molecule has 8 aromatic carbocycles. The van der Waals surface area contributed by atoms with Crippen molar-refractivity contribution in [3.05, 3.63) is 273 Å². The van der Waals surface area contributed by atoms with Crippen LogP contribution in [0.3, 0.4) is 0 Å². The predicted octanol–water partition coefficient (Wildman–Crippen LogP) is 21.1. The molecular formula is C90H123Cl4NO14S3. The molecule has 0 aliphatic heterocycles. The summed E-state index contributed by atoms with van der Waals surface area (Å²) in [6.45, 7) is 25.7. The first kappa shape index (κ1) is 105. The Kier molecular flexibility index (Phi) is 46.7. The third-order valence-electron chi connectivity index (χ3n) is 16.5. The van der Waals surface area contributed by atoms with Gasteiger partial charge in [-0.15, -0.1) is 0 Å². The van der Waals surface area contributed by atoms with E-state index in [2.05, 4.69) is 97.3 Å². The van der Waals surface area contributed by atoms with Crippen LogP contribution in [-0.2, 0) is 108 Å². The van der Waals surface area contributed by atoms with E-state index in [0.29, 0.717) is 111 Å². The van der Waals surface area contributed by atoms with Crippen LogP contribution in [0, 0.1) is 0 Å². The molecule has 3 N–H and O–H groups in total. The van der Waals surface area contributed by atoms with Gasteiger partial charge < -0.3 is 25.1 Å². The molecule has 0 radical (unpaired) electrons. The van der Waals surface area contributed by atoms with E-state index >= 15 is 0 Å². The van der Waals surface area contributed by atoms with E-state index in [1.165, 1.54) is 41.0 Å². The number of hydrogen-bond donors (Lipinski definition) is 2. The van der Waals surface area contributed by atoms with E-state index < -0.39 is 29.5 Å². The van der Waals surface area contributed by atoms with Crippen molar-refractivity contribution in [3.8, 4) is 0 Å². The maximum absolute atomic E-state index is 12.4. The Morgan fingerprint density at radius 3 is 0.643 bits per heavy atom. The number of nitrogen functional groups attached to an aromatic ring is 1. The van der Waals surface area contributed by atoms with Crippen LogP contribution >= 0.6 is 46.4 Å². The third kappa shape index (κ3) is 41.9. The molecule has 0 spiro atoms. The Morgan fingerprint density at radius 2 is 0.491 bits per heavy atom. The van der Waals surface area contributed by atoms with Crippen molar-refractivity contribution in [3.63, 3.8) is 0 Å². The fourth-order valence-corrected chi connectivity index (χ4v) is 14.1. The number of carbonyl (C=O) groups is 4. The smallest absolute Gasteiger partial charge is 0.163 e. The van der Waals surface area contributed by atoms with Gasteiger partial charge in [-0.25, -0.2) is 25.3 Å². The molecule has 0 aromatic heterocycles. The fourth-order valence-electron chi connectivity index (χ4n) is 10.5. The lowest BCUT2D eigenvalue weighted by atomic mass is 9.86. The van der Waals surface area contributed by atoms with Crippen molar-refractivity contribution in [1.82, 2.24) is 0 Å². The number of aliphatic hydroxyl groups excluding tert-OH is 1. The first-order valence-electron chi connectivity index (χ1n) is 36.0. The summed E-state index contributed by atoms with van der Waals surface area (Å²) < 4.78 is 81.0. The summed E-state index contributed by atoms with van der Waals surface area (Å²) in [5, 5.41) is 9.13. The highest BCUT2D eigenvalue weighted by Crippen LogP contribution is 2.30. The van der Waals surface area contributed by atoms with E-state index in [0.717, 1.165) is 34.9 Å². The topological polar surface area (TPSA) is 245 Å². The van der Waals surface area contributed by atoms with Crippen molar-refractivity contribution >= 4 is 105 Å². The van der Waals surface area contributed by atoms with Crippen LogP contribution < -0.4 is 5.73 Å². The Balaban J connectivity index is 0.00000140. The molecule has 0 saturated carbocycles. The largest absolute Gasteiger partial charge is 0.400 e. The number of aliphatic hydroxyl groups is 1. The van der Waals surface area contributed by atoms with Crippen molar-refractivity contribution in [2.45, 2.75) is 181 Å². The Hall–Kier alpha value is -6.91. The molecule has 8 aromatic rings. The Bertz CT molecular complexity index is 4210. The van der Waals surface area contributed by atoms with Crippen molar-refractivity contribution < 1.29 is 63.7 Å². The molecular weight excluding hydrogens is 1560 g/mol. The van der Waals surface area contributed by atoms with Crippen LogP contribution in [0.15, 0.2) is 170 Å². The monoisotopic (exact) mass is 1680 g/mol. The number of halogens is 4. The van der Waals surface area contributed by atoms with Gasteiger partial charge in [0.05, 0.1) is 17.3 Å². The molecule has 15 nitrogen and oxygen atoms in total. The highest BCUT2D eigenvalue weighted by Gasteiger charge is 2.21. The predicted molar refractivity (Wildman–Crippen MR) is 471 cm³/mol. The number of aryl methyl sites for hydroxylation is 4. The van der Waals surface area contributed by atoms with Gasteiger partial charge in [0.25, 0.3) is 0 Å². The minimum atomic E-state index is -3.10. The number of sulfone groups is 3. The molecule has 0 saturated heterocycles. The molecule has 112 heavy (non-hydrogen) atoms. The van der Waals surface area contributed by atoms with Gasteiger partial charge in [-0.1, -0.05) is 276 Å². The fraction of sp³-hybridized carbons (Fsp3) is 0.422. The molecule has 0 heterocycles. The quantitative estimate of drug-likeness (QED) is 0.0473. The maximum Gasteiger partial charge on any atom is 0.163 e. The van der Waals surface area contributed by atoms with Gasteiger partial charge >= 0.3 is 0 Å². The van der Waals surface area contributed by atoms with Gasteiger partial charge in [0.2, 0.25) is 0 Å². The average Bonchev–Trinajstić information content (AvgIpc) is 0.856. The number of methoxy groups -OCH3 is 3. The number of anilines is 1. The summed E-state index contributed by atoms with van der Waals surface area (Å²) in [6, 6.07) is 52.2. The first-order chi connectivity index (χ1) is 51.4.